The fourth-order valence-corrected chi connectivity index (χ4v) is 10.0. The number of hydrogen-bond acceptors (Lipinski definition) is 13. The molecule has 0 bridgehead atoms. The van der Waals surface area contributed by atoms with Crippen LogP contribution in [0.4, 0.5) is 0 Å². The predicted molar refractivity (Wildman–Crippen MR) is 213 cm³/mol. The van der Waals surface area contributed by atoms with Crippen LogP contribution in [0, 0.1) is 0 Å². The summed E-state index contributed by atoms with van der Waals surface area (Å²) in [6, 6.07) is 21.3. The first-order valence-corrected chi connectivity index (χ1v) is 21.5. The number of benzene rings is 2. The summed E-state index contributed by atoms with van der Waals surface area (Å²) < 4.78 is 67.0. The molecule has 0 aliphatic rings. The van der Waals surface area contributed by atoms with Crippen molar-refractivity contribution in [3.05, 3.63) is 60.7 Å². The van der Waals surface area contributed by atoms with Crippen LogP contribution in [0.15, 0.2) is 60.7 Å². The van der Waals surface area contributed by atoms with Crippen molar-refractivity contribution in [2.45, 2.75) is 39.2 Å². The van der Waals surface area contributed by atoms with E-state index in [1.165, 1.54) is 10.4 Å². The lowest BCUT2D eigenvalue weighted by molar-refractivity contribution is -0.144. The van der Waals surface area contributed by atoms with Gasteiger partial charge in [0.25, 0.3) is 8.32 Å². The minimum atomic E-state index is -2.54. The molecule has 0 saturated carbocycles. The maximum Gasteiger partial charge on any atom is 0.308 e. The molecule has 0 saturated heterocycles. The molecule has 2 aromatic carbocycles. The highest BCUT2D eigenvalue weighted by Crippen LogP contribution is 2.36. The molecule has 55 heavy (non-hydrogen) atoms. The second-order valence-electron chi connectivity index (χ2n) is 13.2. The highest BCUT2D eigenvalue weighted by atomic mass is 28.4. The minimum Gasteiger partial charge on any atom is -0.466 e. The van der Waals surface area contributed by atoms with E-state index < -0.39 is 8.32 Å². The highest BCUT2D eigenvalue weighted by molar-refractivity contribution is 6.99. The standard InChI is InChI=1S/C41H68O13Si/c1-5-53-40(42)16-17-43-18-19-44-20-21-45-22-23-46-24-25-47-26-27-48-28-29-49-30-31-50-32-33-51-34-35-52-36-37-54-55(41(2,3)4,38-12-8-6-9-13-38)39-14-10-7-11-15-39/h6-15H,5,16-37H2,1-4H3. The van der Waals surface area contributed by atoms with Crippen molar-refractivity contribution in [2.24, 2.45) is 0 Å². The van der Waals surface area contributed by atoms with Gasteiger partial charge in [-0.05, 0) is 22.3 Å². The third kappa shape index (κ3) is 22.9. The Labute approximate surface area is 330 Å². The molecule has 0 unspecified atom stereocenters. The molecule has 0 fully saturated rings. The van der Waals surface area contributed by atoms with Gasteiger partial charge in [0.1, 0.15) is 0 Å². The van der Waals surface area contributed by atoms with Crippen LogP contribution < -0.4 is 10.4 Å². The highest BCUT2D eigenvalue weighted by Gasteiger charge is 2.50. The van der Waals surface area contributed by atoms with Gasteiger partial charge in [-0.25, -0.2) is 0 Å². The molecule has 2 rings (SSSR count). The van der Waals surface area contributed by atoms with Gasteiger partial charge in [-0.3, -0.25) is 4.79 Å². The summed E-state index contributed by atoms with van der Waals surface area (Å²) in [6.45, 7) is 19.1. The van der Waals surface area contributed by atoms with Crippen LogP contribution in [0.3, 0.4) is 0 Å². The number of esters is 1. The zero-order valence-electron chi connectivity index (χ0n) is 33.8. The van der Waals surface area contributed by atoms with Crippen molar-refractivity contribution >= 4 is 24.7 Å². The van der Waals surface area contributed by atoms with Gasteiger partial charge in [0.15, 0.2) is 0 Å². The van der Waals surface area contributed by atoms with Crippen molar-refractivity contribution in [2.75, 3.05) is 145 Å². The third-order valence-corrected chi connectivity index (χ3v) is 13.1. The van der Waals surface area contributed by atoms with Gasteiger partial charge in [-0.15, -0.1) is 0 Å². The van der Waals surface area contributed by atoms with Crippen molar-refractivity contribution in [1.82, 2.24) is 0 Å². The Bertz CT molecular complexity index is 1110. The molecule has 0 aliphatic heterocycles. The van der Waals surface area contributed by atoms with Crippen molar-refractivity contribution in [3.63, 3.8) is 0 Å². The van der Waals surface area contributed by atoms with E-state index in [-0.39, 0.29) is 17.4 Å². The Kier molecular flexibility index (Phi) is 29.1. The van der Waals surface area contributed by atoms with Crippen LogP contribution in [0.2, 0.25) is 5.04 Å². The largest absolute Gasteiger partial charge is 0.466 e. The van der Waals surface area contributed by atoms with E-state index in [1.807, 2.05) is 0 Å². The topological polar surface area (TPSA) is 128 Å². The quantitative estimate of drug-likeness (QED) is 0.0561. The number of hydrogen-bond donors (Lipinski definition) is 0. The fraction of sp³-hybridized carbons (Fsp3) is 0.683. The summed E-state index contributed by atoms with van der Waals surface area (Å²) in [5.74, 6) is -0.251. The van der Waals surface area contributed by atoms with Gasteiger partial charge in [0.05, 0.1) is 152 Å². The molecular formula is C41H68O13Si. The molecule has 0 spiro atoms. The Morgan fingerprint density at radius 3 is 0.982 bits per heavy atom. The van der Waals surface area contributed by atoms with Gasteiger partial charge >= 0.3 is 5.97 Å². The Hall–Kier alpha value is -2.31. The zero-order chi connectivity index (χ0) is 39.6. The zero-order valence-corrected chi connectivity index (χ0v) is 34.8. The van der Waals surface area contributed by atoms with Gasteiger partial charge in [0, 0.05) is 0 Å². The fourth-order valence-electron chi connectivity index (χ4n) is 5.49. The molecule has 2 aromatic rings. The summed E-state index contributed by atoms with van der Waals surface area (Å²) in [6.07, 6.45) is 0.255. The number of rotatable bonds is 37. The molecule has 0 atom stereocenters. The smallest absolute Gasteiger partial charge is 0.308 e. The molecular weight excluding hydrogens is 729 g/mol. The number of carbonyl (C=O) groups excluding carboxylic acids is 1. The minimum absolute atomic E-state index is 0.0601. The third-order valence-electron chi connectivity index (χ3n) is 8.07. The van der Waals surface area contributed by atoms with Crippen LogP contribution in [0.5, 0.6) is 0 Å². The molecule has 13 nitrogen and oxygen atoms in total. The van der Waals surface area contributed by atoms with Crippen LogP contribution in [-0.2, 0) is 61.3 Å². The molecule has 0 heterocycles. The van der Waals surface area contributed by atoms with Gasteiger partial charge in [-0.2, -0.15) is 0 Å². The van der Waals surface area contributed by atoms with Gasteiger partial charge in [-0.1, -0.05) is 81.4 Å². The molecule has 0 N–H and O–H groups in total. The first-order chi connectivity index (χ1) is 26.9. The summed E-state index contributed by atoms with van der Waals surface area (Å²) >= 11 is 0. The van der Waals surface area contributed by atoms with E-state index in [0.717, 1.165) is 0 Å². The maximum absolute atomic E-state index is 11.2. The summed E-state index contributed by atoms with van der Waals surface area (Å²) in [4.78, 5) is 11.2. The molecule has 0 aliphatic carbocycles. The Morgan fingerprint density at radius 1 is 0.436 bits per heavy atom. The van der Waals surface area contributed by atoms with Crippen LogP contribution in [0.25, 0.3) is 0 Å². The van der Waals surface area contributed by atoms with E-state index >= 15 is 0 Å². The molecule has 0 amide bonds. The van der Waals surface area contributed by atoms with Crippen molar-refractivity contribution in [3.8, 4) is 0 Å². The van der Waals surface area contributed by atoms with Gasteiger partial charge in [0.2, 0.25) is 0 Å². The lowest BCUT2D eigenvalue weighted by Crippen LogP contribution is -2.66. The first-order valence-electron chi connectivity index (χ1n) is 19.6. The van der Waals surface area contributed by atoms with Crippen molar-refractivity contribution < 1.29 is 61.3 Å². The van der Waals surface area contributed by atoms with Crippen LogP contribution in [-0.4, -0.2) is 160 Å². The van der Waals surface area contributed by atoms with E-state index in [0.29, 0.717) is 145 Å². The average molecular weight is 797 g/mol. The first kappa shape index (κ1) is 48.8. The number of ether oxygens (including phenoxy) is 11. The maximum atomic E-state index is 11.2. The van der Waals surface area contributed by atoms with Gasteiger partial charge < -0.3 is 56.5 Å². The SMILES string of the molecule is CCOC(=O)CCOCCOCCOCCOCCOCCOCCOCCOCCOCCOCCO[Si](c1ccccc1)(c1ccccc1)C(C)(C)C. The van der Waals surface area contributed by atoms with Crippen LogP contribution >= 0.6 is 0 Å². The summed E-state index contributed by atoms with van der Waals surface area (Å²) in [5.41, 5.74) is 0. The van der Waals surface area contributed by atoms with E-state index in [2.05, 4.69) is 81.4 Å². The molecule has 0 radical (unpaired) electrons. The summed E-state index contributed by atoms with van der Waals surface area (Å²) in [7, 11) is -2.54. The number of carbonyl (C=O) groups is 1. The van der Waals surface area contributed by atoms with E-state index in [9.17, 15) is 4.79 Å². The predicted octanol–water partition coefficient (Wildman–Crippen LogP) is 3.68. The Balaban J connectivity index is 1.30. The van der Waals surface area contributed by atoms with Crippen LogP contribution in [0.1, 0.15) is 34.1 Å². The Morgan fingerprint density at radius 2 is 0.709 bits per heavy atom. The molecule has 14 heteroatoms. The normalized spacial score (nSPS) is 12.0. The second-order valence-corrected chi connectivity index (χ2v) is 17.5. The second kappa shape index (κ2) is 32.7. The monoisotopic (exact) mass is 796 g/mol. The molecule has 314 valence electrons. The molecule has 0 aromatic heterocycles. The van der Waals surface area contributed by atoms with Crippen molar-refractivity contribution in [1.29, 1.82) is 0 Å². The van der Waals surface area contributed by atoms with E-state index in [4.69, 9.17) is 56.5 Å². The lowest BCUT2D eigenvalue weighted by atomic mass is 10.2. The summed E-state index contributed by atoms with van der Waals surface area (Å²) in [5, 5.41) is 2.47. The van der Waals surface area contributed by atoms with E-state index in [1.54, 1.807) is 6.92 Å². The average Bonchev–Trinajstić information content (AvgIpc) is 3.18. The lowest BCUT2D eigenvalue weighted by Gasteiger charge is -2.43.